The zero-order valence-corrected chi connectivity index (χ0v) is 12.9. The van der Waals surface area contributed by atoms with Crippen molar-refractivity contribution in [1.82, 2.24) is 14.8 Å². The summed E-state index contributed by atoms with van der Waals surface area (Å²) in [4.78, 5) is 18.6. The SMILES string of the molecule is CCNC(=NCCCCn1ccccc1=O)N1CCCC1. The zero-order valence-electron chi connectivity index (χ0n) is 12.9. The monoisotopic (exact) mass is 290 g/mol. The first-order valence-corrected chi connectivity index (χ1v) is 8.00. The predicted molar refractivity (Wildman–Crippen MR) is 86.7 cm³/mol. The molecule has 0 radical (unpaired) electrons. The van der Waals surface area contributed by atoms with E-state index in [-0.39, 0.29) is 5.56 Å². The Morgan fingerprint density at radius 2 is 2.10 bits per heavy atom. The fourth-order valence-corrected chi connectivity index (χ4v) is 2.58. The lowest BCUT2D eigenvalue weighted by Gasteiger charge is -2.20. The Bertz CT molecular complexity index is 503. The summed E-state index contributed by atoms with van der Waals surface area (Å²) in [6, 6.07) is 5.28. The van der Waals surface area contributed by atoms with Crippen LogP contribution < -0.4 is 10.9 Å². The summed E-state index contributed by atoms with van der Waals surface area (Å²) in [6.07, 6.45) is 6.36. The maximum Gasteiger partial charge on any atom is 0.250 e. The van der Waals surface area contributed by atoms with Gasteiger partial charge in [0.05, 0.1) is 0 Å². The molecule has 0 atom stereocenters. The average molecular weight is 290 g/mol. The molecule has 0 unspecified atom stereocenters. The zero-order chi connectivity index (χ0) is 14.9. The summed E-state index contributed by atoms with van der Waals surface area (Å²) in [5.41, 5.74) is 0.0754. The Balaban J connectivity index is 1.75. The number of hydrogen-bond acceptors (Lipinski definition) is 2. The van der Waals surface area contributed by atoms with Gasteiger partial charge in [-0.05, 0) is 38.7 Å². The minimum Gasteiger partial charge on any atom is -0.357 e. The molecule has 2 rings (SSSR count). The molecule has 1 aromatic rings. The number of nitrogens with zero attached hydrogens (tertiary/aromatic N) is 3. The number of rotatable bonds is 6. The molecule has 1 N–H and O–H groups in total. The molecule has 5 nitrogen and oxygen atoms in total. The Morgan fingerprint density at radius 3 is 2.81 bits per heavy atom. The van der Waals surface area contributed by atoms with Gasteiger partial charge in [0.15, 0.2) is 5.96 Å². The molecule has 0 bridgehead atoms. The molecule has 0 aromatic carbocycles. The van der Waals surface area contributed by atoms with E-state index in [0.717, 1.165) is 51.5 Å². The minimum absolute atomic E-state index is 0.0754. The minimum atomic E-state index is 0.0754. The van der Waals surface area contributed by atoms with Gasteiger partial charge in [-0.1, -0.05) is 6.07 Å². The highest BCUT2D eigenvalue weighted by atomic mass is 16.1. The maximum absolute atomic E-state index is 11.6. The Hall–Kier alpha value is -1.78. The number of aryl methyl sites for hydroxylation is 1. The van der Waals surface area contributed by atoms with Gasteiger partial charge in [0.25, 0.3) is 0 Å². The highest BCUT2D eigenvalue weighted by molar-refractivity contribution is 5.80. The van der Waals surface area contributed by atoms with Crippen LogP contribution in [0.4, 0.5) is 0 Å². The van der Waals surface area contributed by atoms with Crippen molar-refractivity contribution >= 4 is 5.96 Å². The summed E-state index contributed by atoms with van der Waals surface area (Å²) < 4.78 is 1.76. The highest BCUT2D eigenvalue weighted by Crippen LogP contribution is 2.07. The van der Waals surface area contributed by atoms with Gasteiger partial charge in [-0.3, -0.25) is 9.79 Å². The second-order valence-corrected chi connectivity index (χ2v) is 5.37. The fraction of sp³-hybridized carbons (Fsp3) is 0.625. The molecule has 0 saturated carbocycles. The van der Waals surface area contributed by atoms with Gasteiger partial charge in [-0.2, -0.15) is 0 Å². The van der Waals surface area contributed by atoms with Crippen LogP contribution in [0.15, 0.2) is 34.2 Å². The second kappa shape index (κ2) is 8.49. The molecule has 21 heavy (non-hydrogen) atoms. The van der Waals surface area contributed by atoms with Gasteiger partial charge in [0.1, 0.15) is 0 Å². The fourth-order valence-electron chi connectivity index (χ4n) is 2.58. The van der Waals surface area contributed by atoms with Gasteiger partial charge < -0.3 is 14.8 Å². The molecular weight excluding hydrogens is 264 g/mol. The first-order valence-electron chi connectivity index (χ1n) is 8.00. The Labute approximate surface area is 126 Å². The van der Waals surface area contributed by atoms with E-state index >= 15 is 0 Å². The lowest BCUT2D eigenvalue weighted by atomic mass is 10.3. The lowest BCUT2D eigenvalue weighted by molar-refractivity contribution is 0.492. The first kappa shape index (κ1) is 15.6. The van der Waals surface area contributed by atoms with Crippen LogP contribution in [0.2, 0.25) is 0 Å². The molecule has 1 saturated heterocycles. The Morgan fingerprint density at radius 1 is 1.29 bits per heavy atom. The van der Waals surface area contributed by atoms with Crippen molar-refractivity contribution < 1.29 is 0 Å². The molecule has 0 aliphatic carbocycles. The quantitative estimate of drug-likeness (QED) is 0.493. The van der Waals surface area contributed by atoms with E-state index in [0.29, 0.717) is 0 Å². The van der Waals surface area contributed by atoms with Crippen LogP contribution in [0, 0.1) is 0 Å². The van der Waals surface area contributed by atoms with Gasteiger partial charge in [-0.25, -0.2) is 0 Å². The number of nitrogens with one attached hydrogen (secondary N) is 1. The summed E-state index contributed by atoms with van der Waals surface area (Å²) in [5.74, 6) is 1.05. The standard InChI is InChI=1S/C16H26N4O/c1-2-17-16(20-13-7-8-14-20)18-10-4-6-12-19-11-5-3-9-15(19)21/h3,5,9,11H,2,4,6-8,10,12-14H2,1H3,(H,17,18). The van der Waals surface area contributed by atoms with Crippen LogP contribution in [-0.2, 0) is 6.54 Å². The van der Waals surface area contributed by atoms with Crippen LogP contribution in [0.1, 0.15) is 32.6 Å². The van der Waals surface area contributed by atoms with E-state index in [1.165, 1.54) is 12.8 Å². The molecule has 1 aliphatic rings. The van der Waals surface area contributed by atoms with E-state index < -0.39 is 0 Å². The molecule has 5 heteroatoms. The third-order valence-corrected chi connectivity index (χ3v) is 3.71. The van der Waals surface area contributed by atoms with Gasteiger partial charge in [0, 0.05) is 45.0 Å². The molecule has 2 heterocycles. The number of aromatic nitrogens is 1. The van der Waals surface area contributed by atoms with Gasteiger partial charge in [-0.15, -0.1) is 0 Å². The average Bonchev–Trinajstić information content (AvgIpc) is 3.02. The topological polar surface area (TPSA) is 49.6 Å². The van der Waals surface area contributed by atoms with E-state index in [2.05, 4.69) is 17.1 Å². The van der Waals surface area contributed by atoms with Crippen molar-refractivity contribution in [3.05, 3.63) is 34.7 Å². The molecule has 116 valence electrons. The van der Waals surface area contributed by atoms with Crippen LogP contribution in [0.5, 0.6) is 0 Å². The van der Waals surface area contributed by atoms with E-state index in [1.807, 2.05) is 12.3 Å². The number of guanidine groups is 1. The van der Waals surface area contributed by atoms with Crippen LogP contribution >= 0.6 is 0 Å². The predicted octanol–water partition coefficient (Wildman–Crippen LogP) is 1.69. The normalized spacial score (nSPS) is 15.5. The third-order valence-electron chi connectivity index (χ3n) is 3.71. The van der Waals surface area contributed by atoms with E-state index in [1.54, 1.807) is 16.7 Å². The highest BCUT2D eigenvalue weighted by Gasteiger charge is 2.14. The number of unbranched alkanes of at least 4 members (excludes halogenated alkanes) is 1. The largest absolute Gasteiger partial charge is 0.357 e. The summed E-state index contributed by atoms with van der Waals surface area (Å²) in [7, 11) is 0. The number of likely N-dealkylation sites (tertiary alicyclic amines) is 1. The first-order chi connectivity index (χ1) is 10.3. The lowest BCUT2D eigenvalue weighted by Crippen LogP contribution is -2.39. The smallest absolute Gasteiger partial charge is 0.250 e. The van der Waals surface area contributed by atoms with Crippen molar-refractivity contribution in [1.29, 1.82) is 0 Å². The van der Waals surface area contributed by atoms with Crippen molar-refractivity contribution in [2.75, 3.05) is 26.2 Å². The van der Waals surface area contributed by atoms with E-state index in [4.69, 9.17) is 4.99 Å². The summed E-state index contributed by atoms with van der Waals surface area (Å²) in [6.45, 7) is 6.84. The molecule has 0 spiro atoms. The van der Waals surface area contributed by atoms with Crippen LogP contribution in [0.25, 0.3) is 0 Å². The van der Waals surface area contributed by atoms with Gasteiger partial charge >= 0.3 is 0 Å². The van der Waals surface area contributed by atoms with Crippen molar-refractivity contribution in [2.24, 2.45) is 4.99 Å². The summed E-state index contributed by atoms with van der Waals surface area (Å²) in [5, 5.41) is 3.36. The number of pyridine rings is 1. The van der Waals surface area contributed by atoms with E-state index in [9.17, 15) is 4.79 Å². The molecule has 1 fully saturated rings. The molecule has 0 amide bonds. The van der Waals surface area contributed by atoms with Crippen molar-refractivity contribution in [3.63, 3.8) is 0 Å². The number of hydrogen-bond donors (Lipinski definition) is 1. The molecule has 1 aromatic heterocycles. The Kier molecular flexibility index (Phi) is 6.31. The summed E-state index contributed by atoms with van der Waals surface area (Å²) >= 11 is 0. The molecule has 1 aliphatic heterocycles. The number of aliphatic imine (C=N–C) groups is 1. The maximum atomic E-state index is 11.6. The second-order valence-electron chi connectivity index (χ2n) is 5.37. The van der Waals surface area contributed by atoms with Crippen LogP contribution in [0.3, 0.4) is 0 Å². The van der Waals surface area contributed by atoms with Crippen molar-refractivity contribution in [2.45, 2.75) is 39.2 Å². The van der Waals surface area contributed by atoms with Crippen LogP contribution in [-0.4, -0.2) is 41.6 Å². The van der Waals surface area contributed by atoms with Crippen molar-refractivity contribution in [3.8, 4) is 0 Å². The third kappa shape index (κ3) is 4.92. The van der Waals surface area contributed by atoms with Gasteiger partial charge in [0.2, 0.25) is 5.56 Å². The molecular formula is C16H26N4O.